The first kappa shape index (κ1) is 17.2. The van der Waals surface area contributed by atoms with Crippen LogP contribution in [0.2, 0.25) is 0 Å². The van der Waals surface area contributed by atoms with Crippen molar-refractivity contribution in [2.75, 3.05) is 13.1 Å². The largest absolute Gasteiger partial charge is 0.286 e. The van der Waals surface area contributed by atoms with Gasteiger partial charge in [0.15, 0.2) is 5.17 Å². The Morgan fingerprint density at radius 3 is 2.83 bits per heavy atom. The van der Waals surface area contributed by atoms with Gasteiger partial charge in [0.2, 0.25) is 0 Å². The number of amides is 1. The summed E-state index contributed by atoms with van der Waals surface area (Å²) in [6, 6.07) is 14.0. The summed E-state index contributed by atoms with van der Waals surface area (Å²) in [5, 5.41) is 0.816. The summed E-state index contributed by atoms with van der Waals surface area (Å²) in [7, 11) is 0. The molecular weight excluding hydrogens is 384 g/mol. The number of benzene rings is 2. The van der Waals surface area contributed by atoms with Crippen LogP contribution in [0.25, 0.3) is 0 Å². The molecule has 0 spiro atoms. The van der Waals surface area contributed by atoms with Crippen LogP contribution in [0.5, 0.6) is 0 Å². The topological polar surface area (TPSA) is 32.7 Å². The Morgan fingerprint density at radius 1 is 1.25 bits per heavy atom. The van der Waals surface area contributed by atoms with Crippen molar-refractivity contribution in [3.63, 3.8) is 0 Å². The van der Waals surface area contributed by atoms with Crippen molar-refractivity contribution in [2.24, 2.45) is 4.99 Å². The Labute approximate surface area is 155 Å². The van der Waals surface area contributed by atoms with E-state index in [-0.39, 0.29) is 5.91 Å². The first-order chi connectivity index (χ1) is 11.6. The van der Waals surface area contributed by atoms with Crippen LogP contribution < -0.4 is 0 Å². The fraction of sp³-hybridized carbons (Fsp3) is 0.263. The Hall–Kier alpha value is -1.59. The number of hydrogen-bond donors (Lipinski definition) is 0. The van der Waals surface area contributed by atoms with E-state index in [1.165, 1.54) is 16.7 Å². The van der Waals surface area contributed by atoms with Crippen LogP contribution in [0, 0.1) is 13.8 Å². The molecule has 0 radical (unpaired) electrons. The van der Waals surface area contributed by atoms with Crippen LogP contribution in [0.4, 0.5) is 0 Å². The third-order valence-electron chi connectivity index (χ3n) is 4.01. The number of thioether (sulfide) groups is 1. The van der Waals surface area contributed by atoms with E-state index >= 15 is 0 Å². The number of rotatable bonds is 3. The van der Waals surface area contributed by atoms with Crippen LogP contribution in [-0.2, 0) is 5.75 Å². The Bertz CT molecular complexity index is 804. The molecular formula is C19H19BrN2OS. The van der Waals surface area contributed by atoms with Crippen molar-refractivity contribution >= 4 is 38.8 Å². The van der Waals surface area contributed by atoms with Gasteiger partial charge in [-0.1, -0.05) is 47.7 Å². The minimum absolute atomic E-state index is 0.00666. The van der Waals surface area contributed by atoms with Gasteiger partial charge in [0.05, 0.1) is 12.1 Å². The summed E-state index contributed by atoms with van der Waals surface area (Å²) in [5.74, 6) is 0.832. The second-order valence-electron chi connectivity index (χ2n) is 5.82. The molecule has 2 aromatic carbocycles. The van der Waals surface area contributed by atoms with E-state index in [1.54, 1.807) is 16.7 Å². The van der Waals surface area contributed by atoms with Crippen molar-refractivity contribution in [3.8, 4) is 0 Å². The molecule has 1 amide bonds. The maximum Gasteiger partial charge on any atom is 0.261 e. The molecule has 1 aliphatic rings. The standard InChI is InChI=1S/C19H19BrN2OS/c1-13-7-8-14(2)15(11-13)12-24-19-21-9-10-22(19)18(23)16-5-3-4-6-17(16)20/h3-8,11H,9-10,12H2,1-2H3. The van der Waals surface area contributed by atoms with Crippen LogP contribution in [-0.4, -0.2) is 29.1 Å². The molecule has 0 aliphatic carbocycles. The van der Waals surface area contributed by atoms with Crippen molar-refractivity contribution in [2.45, 2.75) is 19.6 Å². The van der Waals surface area contributed by atoms with Crippen molar-refractivity contribution in [1.29, 1.82) is 0 Å². The monoisotopic (exact) mass is 402 g/mol. The van der Waals surface area contributed by atoms with Gasteiger partial charge in [-0.3, -0.25) is 14.7 Å². The first-order valence-electron chi connectivity index (χ1n) is 7.86. The average molecular weight is 403 g/mol. The highest BCUT2D eigenvalue weighted by atomic mass is 79.9. The first-order valence-corrected chi connectivity index (χ1v) is 9.64. The van der Waals surface area contributed by atoms with Gasteiger partial charge >= 0.3 is 0 Å². The molecule has 0 saturated heterocycles. The zero-order valence-corrected chi connectivity index (χ0v) is 16.2. The highest BCUT2D eigenvalue weighted by molar-refractivity contribution is 9.10. The number of halogens is 1. The molecule has 1 aliphatic heterocycles. The average Bonchev–Trinajstić information content (AvgIpc) is 3.04. The smallest absolute Gasteiger partial charge is 0.261 e. The van der Waals surface area contributed by atoms with E-state index in [0.29, 0.717) is 18.7 Å². The number of amidine groups is 1. The molecule has 2 aromatic rings. The van der Waals surface area contributed by atoms with Gasteiger partial charge in [0, 0.05) is 16.8 Å². The summed E-state index contributed by atoms with van der Waals surface area (Å²) in [4.78, 5) is 19.1. The lowest BCUT2D eigenvalue weighted by atomic mass is 10.1. The lowest BCUT2D eigenvalue weighted by molar-refractivity contribution is 0.0860. The maximum atomic E-state index is 12.8. The second-order valence-corrected chi connectivity index (χ2v) is 7.62. The number of hydrogen-bond acceptors (Lipinski definition) is 3. The fourth-order valence-electron chi connectivity index (χ4n) is 2.62. The number of aliphatic imine (C=N–C) groups is 1. The molecule has 0 atom stereocenters. The van der Waals surface area contributed by atoms with E-state index in [2.05, 4.69) is 53.0 Å². The Kier molecular flexibility index (Phi) is 5.41. The second kappa shape index (κ2) is 7.53. The predicted octanol–water partition coefficient (Wildman–Crippen LogP) is 4.81. The lowest BCUT2D eigenvalue weighted by Crippen LogP contribution is -2.33. The van der Waals surface area contributed by atoms with Gasteiger partial charge in [0.1, 0.15) is 0 Å². The summed E-state index contributed by atoms with van der Waals surface area (Å²) in [6.45, 7) is 5.54. The zero-order valence-electron chi connectivity index (χ0n) is 13.8. The summed E-state index contributed by atoms with van der Waals surface area (Å²) in [5.41, 5.74) is 4.50. The maximum absolute atomic E-state index is 12.8. The van der Waals surface area contributed by atoms with Gasteiger partial charge in [-0.25, -0.2) is 0 Å². The van der Waals surface area contributed by atoms with E-state index in [9.17, 15) is 4.79 Å². The van der Waals surface area contributed by atoms with Gasteiger partial charge in [-0.05, 0) is 53.0 Å². The minimum Gasteiger partial charge on any atom is -0.286 e. The van der Waals surface area contributed by atoms with Crippen molar-refractivity contribution in [1.82, 2.24) is 4.90 Å². The molecule has 124 valence electrons. The molecule has 0 fully saturated rings. The molecule has 0 unspecified atom stereocenters. The molecule has 0 bridgehead atoms. The molecule has 3 nitrogen and oxygen atoms in total. The van der Waals surface area contributed by atoms with Crippen LogP contribution in [0.3, 0.4) is 0 Å². The Morgan fingerprint density at radius 2 is 2.04 bits per heavy atom. The molecule has 0 N–H and O–H groups in total. The van der Waals surface area contributed by atoms with E-state index in [1.807, 2.05) is 24.3 Å². The van der Waals surface area contributed by atoms with E-state index < -0.39 is 0 Å². The fourth-order valence-corrected chi connectivity index (χ4v) is 4.18. The highest BCUT2D eigenvalue weighted by Crippen LogP contribution is 2.25. The Balaban J connectivity index is 1.73. The molecule has 24 heavy (non-hydrogen) atoms. The number of aryl methyl sites for hydroxylation is 2. The molecule has 0 aromatic heterocycles. The summed E-state index contributed by atoms with van der Waals surface area (Å²) in [6.07, 6.45) is 0. The number of carbonyl (C=O) groups excluding carboxylic acids is 1. The van der Waals surface area contributed by atoms with Crippen LogP contribution in [0.15, 0.2) is 51.9 Å². The summed E-state index contributed by atoms with van der Waals surface area (Å²) < 4.78 is 0.820. The zero-order chi connectivity index (χ0) is 17.1. The van der Waals surface area contributed by atoms with Crippen molar-refractivity contribution < 1.29 is 4.79 Å². The quantitative estimate of drug-likeness (QED) is 0.737. The van der Waals surface area contributed by atoms with E-state index in [4.69, 9.17) is 0 Å². The number of carbonyl (C=O) groups is 1. The van der Waals surface area contributed by atoms with Gasteiger partial charge < -0.3 is 0 Å². The third kappa shape index (κ3) is 3.73. The van der Waals surface area contributed by atoms with Crippen molar-refractivity contribution in [3.05, 3.63) is 69.2 Å². The lowest BCUT2D eigenvalue weighted by Gasteiger charge is -2.19. The normalized spacial score (nSPS) is 14.0. The molecule has 1 heterocycles. The van der Waals surface area contributed by atoms with Crippen LogP contribution >= 0.6 is 27.7 Å². The van der Waals surface area contributed by atoms with Gasteiger partial charge in [0.25, 0.3) is 5.91 Å². The van der Waals surface area contributed by atoms with Gasteiger partial charge in [-0.15, -0.1) is 0 Å². The molecule has 5 heteroatoms. The van der Waals surface area contributed by atoms with Gasteiger partial charge in [-0.2, -0.15) is 0 Å². The SMILES string of the molecule is Cc1ccc(C)c(CSC2=NCCN2C(=O)c2ccccc2Br)c1. The highest BCUT2D eigenvalue weighted by Gasteiger charge is 2.26. The van der Waals surface area contributed by atoms with E-state index in [0.717, 1.165) is 15.4 Å². The molecule has 0 saturated carbocycles. The summed E-state index contributed by atoms with van der Waals surface area (Å²) >= 11 is 5.10. The van der Waals surface area contributed by atoms with Crippen LogP contribution in [0.1, 0.15) is 27.0 Å². The predicted molar refractivity (Wildman–Crippen MR) is 105 cm³/mol. The molecule has 3 rings (SSSR count). The number of nitrogens with zero attached hydrogens (tertiary/aromatic N) is 2. The third-order valence-corrected chi connectivity index (χ3v) is 5.77. The minimum atomic E-state index is 0.00666.